The minimum absolute atomic E-state index is 0.253. The second-order valence-corrected chi connectivity index (χ2v) is 5.41. The Labute approximate surface area is 142 Å². The standard InChI is InChI=1S/C18H24N4O2/c1-4-12-22(13-5-2)18-19-11-10-16(21-18)17(23)20-14-6-8-15(24-3)9-7-14/h6-11H,4-5,12-13H2,1-3H3,(H,20,23). The number of nitrogens with one attached hydrogen (secondary N) is 1. The van der Waals surface area contributed by atoms with Gasteiger partial charge in [0.15, 0.2) is 0 Å². The third-order valence-corrected chi connectivity index (χ3v) is 3.49. The van der Waals surface area contributed by atoms with Gasteiger partial charge in [0.2, 0.25) is 5.95 Å². The van der Waals surface area contributed by atoms with Gasteiger partial charge in [0.05, 0.1) is 7.11 Å². The summed E-state index contributed by atoms with van der Waals surface area (Å²) in [5, 5.41) is 2.84. The van der Waals surface area contributed by atoms with E-state index in [1.54, 1.807) is 43.6 Å². The van der Waals surface area contributed by atoms with Crippen LogP contribution in [0, 0.1) is 0 Å². The molecule has 2 aromatic rings. The van der Waals surface area contributed by atoms with Gasteiger partial charge in [-0.2, -0.15) is 0 Å². The fourth-order valence-corrected chi connectivity index (χ4v) is 2.35. The summed E-state index contributed by atoms with van der Waals surface area (Å²) in [6.07, 6.45) is 3.64. The normalized spacial score (nSPS) is 10.3. The molecule has 6 nitrogen and oxygen atoms in total. The first-order chi connectivity index (χ1) is 11.7. The number of nitrogens with zero attached hydrogens (tertiary/aromatic N) is 3. The van der Waals surface area contributed by atoms with Crippen LogP contribution in [0.5, 0.6) is 5.75 Å². The third-order valence-electron chi connectivity index (χ3n) is 3.49. The van der Waals surface area contributed by atoms with Crippen LogP contribution in [0.4, 0.5) is 11.6 Å². The molecule has 0 bridgehead atoms. The maximum atomic E-state index is 12.4. The molecule has 6 heteroatoms. The van der Waals surface area contributed by atoms with Gasteiger partial charge in [-0.05, 0) is 43.2 Å². The van der Waals surface area contributed by atoms with E-state index in [-0.39, 0.29) is 5.91 Å². The number of rotatable bonds is 8. The molecule has 1 N–H and O–H groups in total. The van der Waals surface area contributed by atoms with E-state index in [1.807, 2.05) is 0 Å². The van der Waals surface area contributed by atoms with Crippen LogP contribution in [0.3, 0.4) is 0 Å². The first-order valence-corrected chi connectivity index (χ1v) is 8.21. The van der Waals surface area contributed by atoms with Crippen molar-refractivity contribution in [2.75, 3.05) is 30.4 Å². The van der Waals surface area contributed by atoms with E-state index in [0.717, 1.165) is 31.7 Å². The zero-order valence-electron chi connectivity index (χ0n) is 14.5. The topological polar surface area (TPSA) is 67.4 Å². The number of ether oxygens (including phenoxy) is 1. The zero-order valence-corrected chi connectivity index (χ0v) is 14.5. The highest BCUT2D eigenvalue weighted by molar-refractivity contribution is 6.02. The van der Waals surface area contributed by atoms with Crippen molar-refractivity contribution in [2.45, 2.75) is 26.7 Å². The number of carbonyl (C=O) groups excluding carboxylic acids is 1. The number of benzene rings is 1. The number of hydrogen-bond donors (Lipinski definition) is 1. The van der Waals surface area contributed by atoms with Gasteiger partial charge in [-0.25, -0.2) is 9.97 Å². The van der Waals surface area contributed by atoms with Crippen molar-refractivity contribution >= 4 is 17.5 Å². The van der Waals surface area contributed by atoms with Gasteiger partial charge in [0, 0.05) is 25.0 Å². The maximum absolute atomic E-state index is 12.4. The second kappa shape index (κ2) is 8.86. The van der Waals surface area contributed by atoms with Gasteiger partial charge in [-0.1, -0.05) is 13.8 Å². The minimum atomic E-state index is -0.253. The average molecular weight is 328 g/mol. The lowest BCUT2D eigenvalue weighted by molar-refractivity contribution is 0.102. The molecule has 0 aliphatic heterocycles. The summed E-state index contributed by atoms with van der Waals surface area (Å²) in [5.41, 5.74) is 1.05. The first-order valence-electron chi connectivity index (χ1n) is 8.21. The van der Waals surface area contributed by atoms with Gasteiger partial charge < -0.3 is 15.0 Å². The molecule has 0 aliphatic rings. The molecule has 0 aliphatic carbocycles. The summed E-state index contributed by atoms with van der Waals surface area (Å²) in [5.74, 6) is 1.09. The van der Waals surface area contributed by atoms with Crippen LogP contribution in [-0.4, -0.2) is 36.1 Å². The molecule has 1 heterocycles. The molecule has 0 saturated carbocycles. The SMILES string of the molecule is CCCN(CCC)c1nccc(C(=O)Nc2ccc(OC)cc2)n1. The molecule has 1 aromatic heterocycles. The van der Waals surface area contributed by atoms with Gasteiger partial charge in [0.1, 0.15) is 11.4 Å². The molecular weight excluding hydrogens is 304 g/mol. The molecule has 128 valence electrons. The predicted octanol–water partition coefficient (Wildman–Crippen LogP) is 3.36. The first kappa shape index (κ1) is 17.7. The van der Waals surface area contributed by atoms with Crippen LogP contribution in [0.15, 0.2) is 36.5 Å². The Morgan fingerprint density at radius 2 is 1.79 bits per heavy atom. The van der Waals surface area contributed by atoms with E-state index in [0.29, 0.717) is 17.3 Å². The molecule has 1 amide bonds. The molecule has 0 fully saturated rings. The number of anilines is 2. The van der Waals surface area contributed by atoms with Gasteiger partial charge in [0.25, 0.3) is 5.91 Å². The second-order valence-electron chi connectivity index (χ2n) is 5.41. The molecule has 0 radical (unpaired) electrons. The van der Waals surface area contributed by atoms with Crippen molar-refractivity contribution in [1.29, 1.82) is 0 Å². The Hall–Kier alpha value is -2.63. The number of amides is 1. The Kier molecular flexibility index (Phi) is 6.54. The summed E-state index contributed by atoms with van der Waals surface area (Å²) in [6.45, 7) is 5.97. The van der Waals surface area contributed by atoms with Gasteiger partial charge in [-0.3, -0.25) is 4.79 Å². The van der Waals surface area contributed by atoms with Crippen LogP contribution in [-0.2, 0) is 0 Å². The quantitative estimate of drug-likeness (QED) is 0.805. The lowest BCUT2D eigenvalue weighted by atomic mass is 10.3. The highest BCUT2D eigenvalue weighted by Crippen LogP contribution is 2.16. The Balaban J connectivity index is 2.12. The van der Waals surface area contributed by atoms with E-state index < -0.39 is 0 Å². The molecule has 0 unspecified atom stereocenters. The van der Waals surface area contributed by atoms with Crippen molar-refractivity contribution in [3.63, 3.8) is 0 Å². The molecule has 0 saturated heterocycles. The lowest BCUT2D eigenvalue weighted by Gasteiger charge is -2.21. The summed E-state index contributed by atoms with van der Waals surface area (Å²) >= 11 is 0. The van der Waals surface area contributed by atoms with Crippen molar-refractivity contribution in [2.24, 2.45) is 0 Å². The van der Waals surface area contributed by atoms with Gasteiger partial charge >= 0.3 is 0 Å². The summed E-state index contributed by atoms with van der Waals surface area (Å²) < 4.78 is 5.11. The van der Waals surface area contributed by atoms with E-state index in [9.17, 15) is 4.79 Å². The Morgan fingerprint density at radius 3 is 2.38 bits per heavy atom. The van der Waals surface area contributed by atoms with Crippen LogP contribution in [0.1, 0.15) is 37.2 Å². The molecule has 24 heavy (non-hydrogen) atoms. The van der Waals surface area contributed by atoms with E-state index in [1.165, 1.54) is 0 Å². The lowest BCUT2D eigenvalue weighted by Crippen LogP contribution is -2.27. The largest absolute Gasteiger partial charge is 0.497 e. The Bertz CT molecular complexity index is 652. The Morgan fingerprint density at radius 1 is 1.12 bits per heavy atom. The van der Waals surface area contributed by atoms with Crippen LogP contribution in [0.25, 0.3) is 0 Å². The average Bonchev–Trinajstić information content (AvgIpc) is 2.62. The highest BCUT2D eigenvalue weighted by atomic mass is 16.5. The molecule has 0 spiro atoms. The van der Waals surface area contributed by atoms with Crippen LogP contribution >= 0.6 is 0 Å². The number of aromatic nitrogens is 2. The highest BCUT2D eigenvalue weighted by Gasteiger charge is 2.13. The van der Waals surface area contributed by atoms with E-state index >= 15 is 0 Å². The smallest absolute Gasteiger partial charge is 0.274 e. The van der Waals surface area contributed by atoms with Crippen molar-refractivity contribution in [3.05, 3.63) is 42.2 Å². The number of carbonyl (C=O) groups is 1. The van der Waals surface area contributed by atoms with E-state index in [2.05, 4.69) is 34.0 Å². The maximum Gasteiger partial charge on any atom is 0.274 e. The fraction of sp³-hybridized carbons (Fsp3) is 0.389. The van der Waals surface area contributed by atoms with Gasteiger partial charge in [-0.15, -0.1) is 0 Å². The zero-order chi connectivity index (χ0) is 17.4. The predicted molar refractivity (Wildman–Crippen MR) is 95.8 cm³/mol. The van der Waals surface area contributed by atoms with Crippen LogP contribution < -0.4 is 15.0 Å². The van der Waals surface area contributed by atoms with Crippen molar-refractivity contribution < 1.29 is 9.53 Å². The van der Waals surface area contributed by atoms with E-state index in [4.69, 9.17) is 4.74 Å². The van der Waals surface area contributed by atoms with Crippen molar-refractivity contribution in [3.8, 4) is 5.75 Å². The monoisotopic (exact) mass is 328 g/mol. The summed E-state index contributed by atoms with van der Waals surface area (Å²) in [7, 11) is 1.61. The molecule has 0 atom stereocenters. The third kappa shape index (κ3) is 4.68. The number of hydrogen-bond acceptors (Lipinski definition) is 5. The molecule has 1 aromatic carbocycles. The van der Waals surface area contributed by atoms with Crippen LogP contribution in [0.2, 0.25) is 0 Å². The fourth-order valence-electron chi connectivity index (χ4n) is 2.35. The molecule has 2 rings (SSSR count). The number of methoxy groups -OCH3 is 1. The molecular formula is C18H24N4O2. The summed E-state index contributed by atoms with van der Waals surface area (Å²) in [6, 6.07) is 8.80. The summed E-state index contributed by atoms with van der Waals surface area (Å²) in [4.78, 5) is 23.2. The van der Waals surface area contributed by atoms with Crippen molar-refractivity contribution in [1.82, 2.24) is 9.97 Å². The minimum Gasteiger partial charge on any atom is -0.497 e.